The van der Waals surface area contributed by atoms with E-state index in [1.165, 1.54) is 43.4 Å². The van der Waals surface area contributed by atoms with Crippen molar-refractivity contribution in [2.75, 3.05) is 7.05 Å². The summed E-state index contributed by atoms with van der Waals surface area (Å²) >= 11 is 0. The molecular formula is C20H22F6N2O. The van der Waals surface area contributed by atoms with Crippen LogP contribution in [0.5, 0.6) is 5.75 Å². The predicted octanol–water partition coefficient (Wildman–Crippen LogP) is 6.10. The van der Waals surface area contributed by atoms with Crippen molar-refractivity contribution in [3.8, 4) is 5.75 Å². The number of allylic oxidation sites excluding steroid dienone is 4. The molecule has 1 aromatic rings. The van der Waals surface area contributed by atoms with Gasteiger partial charge in [0.25, 0.3) is 0 Å². The van der Waals surface area contributed by atoms with E-state index < -0.39 is 24.0 Å². The molecule has 0 saturated heterocycles. The van der Waals surface area contributed by atoms with E-state index >= 15 is 0 Å². The standard InChI is InChI=1S/C20H22F6N2O/c1-5-12(2)18(19(21,22)23)17-11-14(8-9-28(17)27-4)16-7-6-15(10-13(16)3)29-20(24,25)26/h6-12,27H,5H2,1-4H3/b18-17+. The molecule has 1 aliphatic heterocycles. The second-order valence-corrected chi connectivity index (χ2v) is 6.64. The summed E-state index contributed by atoms with van der Waals surface area (Å²) in [6.45, 7) is 4.75. The number of nitrogens with zero attached hydrogens (tertiary/aromatic N) is 1. The maximum Gasteiger partial charge on any atom is 0.573 e. The minimum absolute atomic E-state index is 0.0538. The van der Waals surface area contributed by atoms with Gasteiger partial charge in [-0.1, -0.05) is 19.9 Å². The lowest BCUT2D eigenvalue weighted by molar-refractivity contribution is -0.274. The maximum atomic E-state index is 13.8. The summed E-state index contributed by atoms with van der Waals surface area (Å²) in [5, 5.41) is 1.27. The number of rotatable bonds is 5. The monoisotopic (exact) mass is 420 g/mol. The number of ether oxygens (including phenoxy) is 1. The van der Waals surface area contributed by atoms with Crippen molar-refractivity contribution >= 4 is 5.57 Å². The smallest absolute Gasteiger partial charge is 0.406 e. The summed E-state index contributed by atoms with van der Waals surface area (Å²) in [6, 6.07) is 3.73. The Bertz CT molecular complexity index is 836. The minimum Gasteiger partial charge on any atom is -0.406 e. The van der Waals surface area contributed by atoms with Gasteiger partial charge in [0.1, 0.15) is 5.75 Å². The third-order valence-corrected chi connectivity index (χ3v) is 4.62. The molecule has 160 valence electrons. The molecule has 0 aromatic heterocycles. The molecule has 2 rings (SSSR count). The Morgan fingerprint density at radius 1 is 1.17 bits per heavy atom. The molecule has 1 N–H and O–H groups in total. The molecule has 0 saturated carbocycles. The Kier molecular flexibility index (Phi) is 6.72. The van der Waals surface area contributed by atoms with Gasteiger partial charge in [-0.25, -0.2) is 5.43 Å². The summed E-state index contributed by atoms with van der Waals surface area (Å²) in [7, 11) is 1.50. The molecular weight excluding hydrogens is 398 g/mol. The maximum absolute atomic E-state index is 13.8. The van der Waals surface area contributed by atoms with Crippen molar-refractivity contribution in [2.45, 2.75) is 39.7 Å². The molecule has 3 nitrogen and oxygen atoms in total. The van der Waals surface area contributed by atoms with Crippen molar-refractivity contribution in [1.29, 1.82) is 0 Å². The molecule has 29 heavy (non-hydrogen) atoms. The first-order valence-electron chi connectivity index (χ1n) is 8.92. The molecule has 1 unspecified atom stereocenters. The third kappa shape index (κ3) is 5.56. The van der Waals surface area contributed by atoms with E-state index in [4.69, 9.17) is 0 Å². The van der Waals surface area contributed by atoms with Crippen molar-refractivity contribution in [3.63, 3.8) is 0 Å². The van der Waals surface area contributed by atoms with Gasteiger partial charge in [0.15, 0.2) is 0 Å². The molecule has 1 atom stereocenters. The summed E-state index contributed by atoms with van der Waals surface area (Å²) in [5.41, 5.74) is 3.38. The zero-order chi connectivity index (χ0) is 22.0. The van der Waals surface area contributed by atoms with Crippen molar-refractivity contribution in [2.24, 2.45) is 5.92 Å². The Morgan fingerprint density at radius 3 is 2.31 bits per heavy atom. The molecule has 1 aliphatic rings. The molecule has 0 bridgehead atoms. The summed E-state index contributed by atoms with van der Waals surface area (Å²) in [5.74, 6) is -1.13. The average molecular weight is 420 g/mol. The summed E-state index contributed by atoms with van der Waals surface area (Å²) < 4.78 is 82.4. The van der Waals surface area contributed by atoms with Crippen LogP contribution in [-0.2, 0) is 0 Å². The lowest BCUT2D eigenvalue weighted by Crippen LogP contribution is -2.34. The van der Waals surface area contributed by atoms with Crippen LogP contribution >= 0.6 is 0 Å². The number of hydrogen-bond donors (Lipinski definition) is 1. The van der Waals surface area contributed by atoms with Crippen LogP contribution in [0.25, 0.3) is 5.57 Å². The highest BCUT2D eigenvalue weighted by Gasteiger charge is 2.40. The number of aryl methyl sites for hydroxylation is 1. The molecule has 0 spiro atoms. The van der Waals surface area contributed by atoms with E-state index in [-0.39, 0.29) is 11.4 Å². The lowest BCUT2D eigenvalue weighted by Gasteiger charge is -2.30. The van der Waals surface area contributed by atoms with Gasteiger partial charge in [-0.3, -0.25) is 5.01 Å². The molecule has 1 aromatic carbocycles. The highest BCUT2D eigenvalue weighted by atomic mass is 19.4. The van der Waals surface area contributed by atoms with Crippen LogP contribution in [0.1, 0.15) is 31.4 Å². The Labute approximate surface area is 165 Å². The second-order valence-electron chi connectivity index (χ2n) is 6.64. The minimum atomic E-state index is -4.82. The number of halogens is 6. The number of alkyl halides is 6. The molecule has 9 heteroatoms. The number of nitrogens with one attached hydrogen (secondary N) is 1. The van der Waals surface area contributed by atoms with Gasteiger partial charge in [0, 0.05) is 13.2 Å². The van der Waals surface area contributed by atoms with E-state index in [2.05, 4.69) is 10.2 Å². The molecule has 0 aliphatic carbocycles. The van der Waals surface area contributed by atoms with Crippen molar-refractivity contribution in [3.05, 3.63) is 58.9 Å². The first-order valence-corrected chi connectivity index (χ1v) is 8.92. The third-order valence-electron chi connectivity index (χ3n) is 4.62. The van der Waals surface area contributed by atoms with Gasteiger partial charge in [-0.05, 0) is 60.2 Å². The van der Waals surface area contributed by atoms with Gasteiger partial charge < -0.3 is 4.74 Å². The van der Waals surface area contributed by atoms with Gasteiger partial charge in [0.05, 0.1) is 11.3 Å². The first kappa shape index (κ1) is 22.9. The van der Waals surface area contributed by atoms with Gasteiger partial charge in [0.2, 0.25) is 0 Å². The van der Waals surface area contributed by atoms with Crippen molar-refractivity contribution in [1.82, 2.24) is 10.4 Å². The highest BCUT2D eigenvalue weighted by Crippen LogP contribution is 2.39. The first-order chi connectivity index (χ1) is 13.4. The zero-order valence-electron chi connectivity index (χ0n) is 16.4. The van der Waals surface area contributed by atoms with Crippen LogP contribution in [0.3, 0.4) is 0 Å². The molecule has 0 radical (unpaired) electrons. The normalized spacial score (nSPS) is 17.9. The van der Waals surface area contributed by atoms with E-state index in [1.807, 2.05) is 0 Å². The van der Waals surface area contributed by atoms with Crippen LogP contribution in [0.2, 0.25) is 0 Å². The Hall–Kier alpha value is -2.42. The van der Waals surface area contributed by atoms with Gasteiger partial charge in [-0.15, -0.1) is 13.2 Å². The fourth-order valence-corrected chi connectivity index (χ4v) is 3.11. The quantitative estimate of drug-likeness (QED) is 0.583. The van der Waals surface area contributed by atoms with Crippen LogP contribution in [-0.4, -0.2) is 24.6 Å². The Morgan fingerprint density at radius 2 is 1.83 bits per heavy atom. The van der Waals surface area contributed by atoms with Crippen LogP contribution in [0.4, 0.5) is 26.3 Å². The van der Waals surface area contributed by atoms with E-state index in [0.29, 0.717) is 23.1 Å². The average Bonchev–Trinajstić information content (AvgIpc) is 2.59. The number of benzene rings is 1. The van der Waals surface area contributed by atoms with Crippen molar-refractivity contribution < 1.29 is 31.1 Å². The van der Waals surface area contributed by atoms with E-state index in [1.54, 1.807) is 19.9 Å². The van der Waals surface area contributed by atoms with Gasteiger partial charge >= 0.3 is 12.5 Å². The predicted molar refractivity (Wildman–Crippen MR) is 98.4 cm³/mol. The molecule has 0 fully saturated rings. The molecule has 1 heterocycles. The van der Waals surface area contributed by atoms with E-state index in [9.17, 15) is 26.3 Å². The van der Waals surface area contributed by atoms with Crippen LogP contribution in [0, 0.1) is 12.8 Å². The van der Waals surface area contributed by atoms with Gasteiger partial charge in [-0.2, -0.15) is 13.2 Å². The molecule has 0 amide bonds. The SMILES string of the molecule is CCC(C)/C(=C1/C=C(c2ccc(OC(F)(F)F)cc2C)C=CN1NC)C(F)(F)F. The largest absolute Gasteiger partial charge is 0.573 e. The number of hydrazine groups is 1. The summed E-state index contributed by atoms with van der Waals surface area (Å²) in [6.07, 6.45) is -4.62. The fraction of sp³-hybridized carbons (Fsp3) is 0.400. The topological polar surface area (TPSA) is 24.5 Å². The summed E-state index contributed by atoms with van der Waals surface area (Å²) in [4.78, 5) is 0. The fourth-order valence-electron chi connectivity index (χ4n) is 3.11. The van der Waals surface area contributed by atoms with Crippen LogP contribution < -0.4 is 10.2 Å². The van der Waals surface area contributed by atoms with E-state index in [0.717, 1.165) is 6.07 Å². The van der Waals surface area contributed by atoms with Crippen LogP contribution in [0.15, 0.2) is 47.8 Å². The lowest BCUT2D eigenvalue weighted by atomic mass is 9.92. The second kappa shape index (κ2) is 8.52. The zero-order valence-corrected chi connectivity index (χ0v) is 16.4. The highest BCUT2D eigenvalue weighted by molar-refractivity contribution is 5.79. The Balaban J connectivity index is 2.57. The number of hydrogen-bond acceptors (Lipinski definition) is 3.